The number of ether oxygens (including phenoxy) is 1. The molecule has 3 N–H and O–H groups in total. The molecule has 2 aromatic carbocycles. The van der Waals surface area contributed by atoms with Crippen molar-refractivity contribution < 1.29 is 14.6 Å². The minimum absolute atomic E-state index is 0.100. The monoisotopic (exact) mass is 328 g/mol. The summed E-state index contributed by atoms with van der Waals surface area (Å²) in [4.78, 5) is 12.3. The van der Waals surface area contributed by atoms with Gasteiger partial charge in [-0.3, -0.25) is 0 Å². The molecule has 0 aliphatic carbocycles. The predicted octanol–water partition coefficient (Wildman–Crippen LogP) is 2.47. The number of amides is 2. The van der Waals surface area contributed by atoms with E-state index in [4.69, 9.17) is 4.74 Å². The number of benzene rings is 2. The number of carbonyl (C=O) groups is 1. The first kappa shape index (κ1) is 18.0. The van der Waals surface area contributed by atoms with Gasteiger partial charge in [-0.2, -0.15) is 0 Å². The number of hydrogen-bond donors (Lipinski definition) is 3. The first-order valence-corrected chi connectivity index (χ1v) is 7.87. The third-order valence-electron chi connectivity index (χ3n) is 3.63. The molecule has 24 heavy (non-hydrogen) atoms. The van der Waals surface area contributed by atoms with Gasteiger partial charge in [-0.15, -0.1) is 0 Å². The molecule has 2 amide bonds. The van der Waals surface area contributed by atoms with Crippen LogP contribution in [-0.2, 0) is 4.74 Å². The fourth-order valence-electron chi connectivity index (χ4n) is 2.46. The normalized spacial score (nSPS) is 13.3. The third-order valence-corrected chi connectivity index (χ3v) is 3.63. The lowest BCUT2D eigenvalue weighted by Gasteiger charge is -2.24. The van der Waals surface area contributed by atoms with E-state index in [0.717, 1.165) is 11.1 Å². The third kappa shape index (κ3) is 5.37. The summed E-state index contributed by atoms with van der Waals surface area (Å²) < 4.78 is 4.94. The molecule has 0 spiro atoms. The second-order valence-corrected chi connectivity index (χ2v) is 6.01. The summed E-state index contributed by atoms with van der Waals surface area (Å²) in [5.74, 6) is 0. The van der Waals surface area contributed by atoms with Crippen molar-refractivity contribution in [1.82, 2.24) is 10.6 Å². The van der Waals surface area contributed by atoms with Crippen LogP contribution in [-0.4, -0.2) is 37.0 Å². The van der Waals surface area contributed by atoms with E-state index in [1.807, 2.05) is 60.7 Å². The van der Waals surface area contributed by atoms with Crippen LogP contribution in [0, 0.1) is 0 Å². The zero-order valence-corrected chi connectivity index (χ0v) is 14.0. The van der Waals surface area contributed by atoms with Gasteiger partial charge >= 0.3 is 6.03 Å². The van der Waals surface area contributed by atoms with Crippen LogP contribution in [0.2, 0.25) is 0 Å². The molecule has 5 heteroatoms. The summed E-state index contributed by atoms with van der Waals surface area (Å²) in [5, 5.41) is 15.7. The van der Waals surface area contributed by atoms with Gasteiger partial charge in [0.1, 0.15) is 5.60 Å². The topological polar surface area (TPSA) is 70.6 Å². The molecule has 0 bridgehead atoms. The standard InChI is InChI=1S/C19H24N2O3/c1-19(23,14-24-2)13-20-18(22)21-17(15-9-5-3-6-10-15)16-11-7-4-8-12-16/h3-12,17,23H,13-14H2,1-2H3,(H2,20,21,22). The number of hydrogen-bond acceptors (Lipinski definition) is 3. The van der Waals surface area contributed by atoms with Crippen molar-refractivity contribution in [3.63, 3.8) is 0 Å². The van der Waals surface area contributed by atoms with E-state index >= 15 is 0 Å². The van der Waals surface area contributed by atoms with Crippen LogP contribution >= 0.6 is 0 Å². The van der Waals surface area contributed by atoms with Crippen LogP contribution in [0.15, 0.2) is 60.7 Å². The Hall–Kier alpha value is -2.37. The smallest absolute Gasteiger partial charge is 0.315 e. The molecule has 0 aromatic heterocycles. The molecule has 128 valence electrons. The molecule has 2 rings (SSSR count). The van der Waals surface area contributed by atoms with Crippen molar-refractivity contribution in [2.24, 2.45) is 0 Å². The molecule has 0 aliphatic heterocycles. The molecule has 0 fully saturated rings. The van der Waals surface area contributed by atoms with Crippen LogP contribution in [0.4, 0.5) is 4.79 Å². The van der Waals surface area contributed by atoms with Gasteiger partial charge in [0.2, 0.25) is 0 Å². The van der Waals surface area contributed by atoms with Crippen molar-refractivity contribution >= 4 is 6.03 Å². The summed E-state index contributed by atoms with van der Waals surface area (Å²) in [7, 11) is 1.51. The molecule has 0 heterocycles. The Bertz CT molecular complexity index is 590. The van der Waals surface area contributed by atoms with Gasteiger partial charge in [0.05, 0.1) is 19.2 Å². The predicted molar refractivity (Wildman–Crippen MR) is 93.8 cm³/mol. The second kappa shape index (κ2) is 8.47. The lowest BCUT2D eigenvalue weighted by molar-refractivity contribution is -0.0136. The summed E-state index contributed by atoms with van der Waals surface area (Å²) in [6.45, 7) is 1.86. The molecule has 1 unspecified atom stereocenters. The second-order valence-electron chi connectivity index (χ2n) is 6.01. The minimum atomic E-state index is -1.11. The molecule has 5 nitrogen and oxygen atoms in total. The molecule has 0 saturated heterocycles. The Labute approximate surface area is 142 Å². The summed E-state index contributed by atoms with van der Waals surface area (Å²) in [6, 6.07) is 18.9. The highest BCUT2D eigenvalue weighted by atomic mass is 16.5. The van der Waals surface area contributed by atoms with Crippen LogP contribution in [0.3, 0.4) is 0 Å². The van der Waals surface area contributed by atoms with E-state index in [1.54, 1.807) is 6.92 Å². The average molecular weight is 328 g/mol. The highest BCUT2D eigenvalue weighted by molar-refractivity contribution is 5.75. The molecule has 0 radical (unpaired) electrons. The highest BCUT2D eigenvalue weighted by Gasteiger charge is 2.22. The summed E-state index contributed by atoms with van der Waals surface area (Å²) in [6.07, 6.45) is 0. The maximum absolute atomic E-state index is 12.3. The molecular weight excluding hydrogens is 304 g/mol. The molecule has 0 saturated carbocycles. The van der Waals surface area contributed by atoms with E-state index in [2.05, 4.69) is 10.6 Å². The fourth-order valence-corrected chi connectivity index (χ4v) is 2.46. The Kier molecular flexibility index (Phi) is 6.35. The van der Waals surface area contributed by atoms with Crippen LogP contribution in [0.5, 0.6) is 0 Å². The average Bonchev–Trinajstić information content (AvgIpc) is 2.59. The number of carbonyl (C=O) groups excluding carboxylic acids is 1. The quantitative estimate of drug-likeness (QED) is 0.731. The number of nitrogens with one attached hydrogen (secondary N) is 2. The van der Waals surface area contributed by atoms with E-state index in [1.165, 1.54) is 7.11 Å². The maximum Gasteiger partial charge on any atom is 0.315 e. The first-order valence-electron chi connectivity index (χ1n) is 7.87. The van der Waals surface area contributed by atoms with Crippen molar-refractivity contribution in [1.29, 1.82) is 0 Å². The summed E-state index contributed by atoms with van der Waals surface area (Å²) >= 11 is 0. The lowest BCUT2D eigenvalue weighted by atomic mass is 9.99. The van der Waals surface area contributed by atoms with E-state index in [9.17, 15) is 9.90 Å². The zero-order chi connectivity index (χ0) is 17.4. The number of urea groups is 1. The molecule has 2 aromatic rings. The first-order chi connectivity index (χ1) is 11.5. The van der Waals surface area contributed by atoms with Crippen LogP contribution in [0.25, 0.3) is 0 Å². The Morgan fingerprint density at radius 1 is 1.08 bits per heavy atom. The number of methoxy groups -OCH3 is 1. The van der Waals surface area contributed by atoms with Crippen molar-refractivity contribution in [3.8, 4) is 0 Å². The lowest BCUT2D eigenvalue weighted by Crippen LogP contribution is -2.47. The van der Waals surface area contributed by atoms with Crippen molar-refractivity contribution in [2.45, 2.75) is 18.6 Å². The Balaban J connectivity index is 2.08. The van der Waals surface area contributed by atoms with Gasteiger partial charge in [0.25, 0.3) is 0 Å². The highest BCUT2D eigenvalue weighted by Crippen LogP contribution is 2.21. The van der Waals surface area contributed by atoms with Gasteiger partial charge in [-0.25, -0.2) is 4.79 Å². The van der Waals surface area contributed by atoms with Crippen molar-refractivity contribution in [2.75, 3.05) is 20.3 Å². The van der Waals surface area contributed by atoms with Gasteiger partial charge in [-0.1, -0.05) is 60.7 Å². The minimum Gasteiger partial charge on any atom is -0.386 e. The Morgan fingerprint density at radius 3 is 2.04 bits per heavy atom. The number of aliphatic hydroxyl groups is 1. The molecular formula is C19H24N2O3. The van der Waals surface area contributed by atoms with E-state index in [0.29, 0.717) is 0 Å². The van der Waals surface area contributed by atoms with Crippen molar-refractivity contribution in [3.05, 3.63) is 71.8 Å². The molecule has 0 aliphatic rings. The van der Waals surface area contributed by atoms with Gasteiger partial charge in [0.15, 0.2) is 0 Å². The molecule has 1 atom stereocenters. The largest absolute Gasteiger partial charge is 0.386 e. The van der Waals surface area contributed by atoms with Gasteiger partial charge in [0, 0.05) is 7.11 Å². The van der Waals surface area contributed by atoms with Crippen LogP contribution in [0.1, 0.15) is 24.1 Å². The van der Waals surface area contributed by atoms with E-state index in [-0.39, 0.29) is 25.2 Å². The Morgan fingerprint density at radius 2 is 1.58 bits per heavy atom. The fraction of sp³-hybridized carbons (Fsp3) is 0.316. The maximum atomic E-state index is 12.3. The van der Waals surface area contributed by atoms with Gasteiger partial charge in [-0.05, 0) is 18.1 Å². The zero-order valence-electron chi connectivity index (χ0n) is 14.0. The number of rotatable bonds is 7. The van der Waals surface area contributed by atoms with Crippen LogP contribution < -0.4 is 10.6 Å². The van der Waals surface area contributed by atoms with E-state index < -0.39 is 5.60 Å². The SMILES string of the molecule is COCC(C)(O)CNC(=O)NC(c1ccccc1)c1ccccc1. The van der Waals surface area contributed by atoms with Gasteiger partial charge < -0.3 is 20.5 Å². The summed E-state index contributed by atoms with van der Waals surface area (Å²) in [5.41, 5.74) is 0.867.